The monoisotopic (exact) mass is 379 g/mol. The number of nitro groups is 1. The molecule has 0 unspecified atom stereocenters. The van der Waals surface area contributed by atoms with Crippen molar-refractivity contribution in [2.45, 2.75) is 0 Å². The fourth-order valence-electron chi connectivity index (χ4n) is 1.44. The topological polar surface area (TPSA) is 91.6 Å². The highest BCUT2D eigenvalue weighted by molar-refractivity contribution is 14.0. The second kappa shape index (κ2) is 9.36. The van der Waals surface area contributed by atoms with Crippen molar-refractivity contribution in [3.05, 3.63) is 34.4 Å². The summed E-state index contributed by atoms with van der Waals surface area (Å²) >= 11 is 0. The highest BCUT2D eigenvalue weighted by Crippen LogP contribution is 2.22. The van der Waals surface area contributed by atoms with Crippen LogP contribution in [0.2, 0.25) is 0 Å². The van der Waals surface area contributed by atoms with Crippen LogP contribution in [0, 0.1) is 10.1 Å². The lowest BCUT2D eigenvalue weighted by Gasteiger charge is -2.10. The third-order valence-corrected chi connectivity index (χ3v) is 2.29. The normalized spacial score (nSPS) is 10.3. The Morgan fingerprint density at radius 2 is 2.05 bits per heavy atom. The van der Waals surface area contributed by atoms with E-state index < -0.39 is 4.92 Å². The van der Waals surface area contributed by atoms with E-state index in [4.69, 9.17) is 0 Å². The van der Waals surface area contributed by atoms with Gasteiger partial charge in [0.15, 0.2) is 5.96 Å². The summed E-state index contributed by atoms with van der Waals surface area (Å²) < 4.78 is 0. The summed E-state index contributed by atoms with van der Waals surface area (Å²) in [4.78, 5) is 14.3. The second-order valence-corrected chi connectivity index (χ2v) is 3.45. The molecule has 0 aromatic heterocycles. The van der Waals surface area contributed by atoms with Crippen LogP contribution in [0.25, 0.3) is 0 Å². The number of halogens is 1. The summed E-state index contributed by atoms with van der Waals surface area (Å²) in [7, 11) is 3.44. The minimum atomic E-state index is -0.401. The van der Waals surface area contributed by atoms with Gasteiger partial charge in [-0.2, -0.15) is 0 Å². The number of nitro benzene ring substituents is 1. The molecule has 0 amide bonds. The Kier molecular flexibility index (Phi) is 8.58. The summed E-state index contributed by atoms with van der Waals surface area (Å²) in [5.41, 5.74) is 0.597. The van der Waals surface area contributed by atoms with Gasteiger partial charge >= 0.3 is 0 Å². The number of guanidine groups is 1. The average molecular weight is 379 g/mol. The lowest BCUT2D eigenvalue weighted by molar-refractivity contribution is -0.384. The number of rotatable bonds is 5. The van der Waals surface area contributed by atoms with E-state index in [0.29, 0.717) is 24.7 Å². The molecule has 0 saturated carbocycles. The van der Waals surface area contributed by atoms with E-state index in [2.05, 4.69) is 20.9 Å². The first kappa shape index (κ1) is 17.4. The Morgan fingerprint density at radius 3 is 2.63 bits per heavy atom. The molecule has 0 aliphatic carbocycles. The number of benzene rings is 1. The molecule has 0 aliphatic heterocycles. The molecule has 0 radical (unpaired) electrons. The molecule has 106 valence electrons. The lowest BCUT2D eigenvalue weighted by Crippen LogP contribution is -2.37. The number of nitrogens with zero attached hydrogens (tertiary/aromatic N) is 2. The SMILES string of the molecule is CN=C(NC)NCCNc1ccccc1[N+](=O)[O-].I. The number of hydrogen-bond donors (Lipinski definition) is 3. The first-order chi connectivity index (χ1) is 8.69. The zero-order valence-electron chi connectivity index (χ0n) is 10.8. The largest absolute Gasteiger partial charge is 0.378 e. The van der Waals surface area contributed by atoms with Crippen molar-refractivity contribution in [2.24, 2.45) is 4.99 Å². The highest BCUT2D eigenvalue weighted by Gasteiger charge is 2.10. The zero-order valence-corrected chi connectivity index (χ0v) is 13.2. The molecule has 0 fully saturated rings. The average Bonchev–Trinajstić information content (AvgIpc) is 2.39. The molecule has 0 bridgehead atoms. The van der Waals surface area contributed by atoms with Gasteiger partial charge in [-0.1, -0.05) is 12.1 Å². The smallest absolute Gasteiger partial charge is 0.292 e. The molecule has 1 aromatic carbocycles. The maximum absolute atomic E-state index is 10.8. The number of hydrogen-bond acceptors (Lipinski definition) is 4. The van der Waals surface area contributed by atoms with Gasteiger partial charge in [0.1, 0.15) is 5.69 Å². The number of anilines is 1. The van der Waals surface area contributed by atoms with Gasteiger partial charge in [-0.25, -0.2) is 0 Å². The van der Waals surface area contributed by atoms with Crippen LogP contribution in [0.15, 0.2) is 29.3 Å². The predicted molar refractivity (Wildman–Crippen MR) is 87.4 cm³/mol. The molecular formula is C11H18IN5O2. The fourth-order valence-corrected chi connectivity index (χ4v) is 1.44. The van der Waals surface area contributed by atoms with Crippen LogP contribution >= 0.6 is 24.0 Å². The van der Waals surface area contributed by atoms with Crippen LogP contribution in [-0.2, 0) is 0 Å². The number of nitrogens with one attached hydrogen (secondary N) is 3. The Morgan fingerprint density at radius 1 is 1.37 bits per heavy atom. The minimum absolute atomic E-state index is 0. The molecule has 0 atom stereocenters. The van der Waals surface area contributed by atoms with Gasteiger partial charge in [0, 0.05) is 33.3 Å². The lowest BCUT2D eigenvalue weighted by atomic mass is 10.2. The van der Waals surface area contributed by atoms with Crippen LogP contribution in [0.5, 0.6) is 0 Å². The van der Waals surface area contributed by atoms with Crippen molar-refractivity contribution < 1.29 is 4.92 Å². The van der Waals surface area contributed by atoms with E-state index in [-0.39, 0.29) is 29.7 Å². The molecular weight excluding hydrogens is 361 g/mol. The van der Waals surface area contributed by atoms with Crippen LogP contribution in [0.4, 0.5) is 11.4 Å². The van der Waals surface area contributed by atoms with E-state index in [1.165, 1.54) is 6.07 Å². The van der Waals surface area contributed by atoms with Gasteiger partial charge in [0.2, 0.25) is 0 Å². The molecule has 0 spiro atoms. The summed E-state index contributed by atoms with van der Waals surface area (Å²) in [6.45, 7) is 1.17. The van der Waals surface area contributed by atoms with Crippen LogP contribution in [0.3, 0.4) is 0 Å². The molecule has 1 rings (SSSR count). The van der Waals surface area contributed by atoms with Crippen LogP contribution in [0.1, 0.15) is 0 Å². The van der Waals surface area contributed by atoms with Crippen molar-refractivity contribution in [1.82, 2.24) is 10.6 Å². The minimum Gasteiger partial charge on any atom is -0.378 e. The van der Waals surface area contributed by atoms with Crippen molar-refractivity contribution in [1.29, 1.82) is 0 Å². The molecule has 8 heteroatoms. The Bertz CT molecular complexity index is 439. The van der Waals surface area contributed by atoms with E-state index in [1.807, 2.05) is 0 Å². The summed E-state index contributed by atoms with van der Waals surface area (Å²) in [5, 5.41) is 19.7. The Balaban J connectivity index is 0.00000324. The molecule has 7 nitrogen and oxygen atoms in total. The molecule has 0 heterocycles. The first-order valence-corrected chi connectivity index (χ1v) is 5.54. The summed E-state index contributed by atoms with van der Waals surface area (Å²) in [6, 6.07) is 6.56. The van der Waals surface area contributed by atoms with Crippen LogP contribution in [-0.4, -0.2) is 38.1 Å². The standard InChI is InChI=1S/C11H17N5O2.HI/c1-12-11(13-2)15-8-7-14-9-5-3-4-6-10(9)16(17)18;/h3-6,14H,7-8H2,1-2H3,(H2,12,13,15);1H. The van der Waals surface area contributed by atoms with Crippen molar-refractivity contribution in [3.8, 4) is 0 Å². The molecule has 0 saturated heterocycles. The molecule has 3 N–H and O–H groups in total. The fraction of sp³-hybridized carbons (Fsp3) is 0.364. The maximum Gasteiger partial charge on any atom is 0.292 e. The van der Waals surface area contributed by atoms with Gasteiger partial charge in [-0.15, -0.1) is 24.0 Å². The first-order valence-electron chi connectivity index (χ1n) is 5.54. The van der Waals surface area contributed by atoms with E-state index in [9.17, 15) is 10.1 Å². The number of aliphatic imine (C=N–C) groups is 1. The number of para-hydroxylation sites is 2. The van der Waals surface area contributed by atoms with E-state index >= 15 is 0 Å². The molecule has 19 heavy (non-hydrogen) atoms. The van der Waals surface area contributed by atoms with Crippen molar-refractivity contribution in [3.63, 3.8) is 0 Å². The molecule has 1 aromatic rings. The third-order valence-electron chi connectivity index (χ3n) is 2.29. The van der Waals surface area contributed by atoms with Crippen molar-refractivity contribution >= 4 is 41.3 Å². The zero-order chi connectivity index (χ0) is 13.4. The van der Waals surface area contributed by atoms with Gasteiger partial charge in [-0.05, 0) is 6.07 Å². The van der Waals surface area contributed by atoms with Crippen molar-refractivity contribution in [2.75, 3.05) is 32.5 Å². The van der Waals surface area contributed by atoms with Gasteiger partial charge in [0.25, 0.3) is 5.69 Å². The Labute approximate surface area is 129 Å². The second-order valence-electron chi connectivity index (χ2n) is 3.45. The quantitative estimate of drug-likeness (QED) is 0.180. The van der Waals surface area contributed by atoms with Gasteiger partial charge in [0.05, 0.1) is 4.92 Å². The third kappa shape index (κ3) is 5.73. The summed E-state index contributed by atoms with van der Waals surface area (Å²) in [5.74, 6) is 0.680. The van der Waals surface area contributed by atoms with Gasteiger partial charge in [-0.3, -0.25) is 15.1 Å². The van der Waals surface area contributed by atoms with Crippen LogP contribution < -0.4 is 16.0 Å². The Hall–Kier alpha value is -1.58. The summed E-state index contributed by atoms with van der Waals surface area (Å²) in [6.07, 6.45) is 0. The van der Waals surface area contributed by atoms with Gasteiger partial charge < -0.3 is 16.0 Å². The highest BCUT2D eigenvalue weighted by atomic mass is 127. The molecule has 0 aliphatic rings. The van der Waals surface area contributed by atoms with E-state index in [1.54, 1.807) is 32.3 Å². The maximum atomic E-state index is 10.8. The predicted octanol–water partition coefficient (Wildman–Crippen LogP) is 1.42. The van der Waals surface area contributed by atoms with E-state index in [0.717, 1.165) is 0 Å².